The van der Waals surface area contributed by atoms with E-state index in [0.717, 1.165) is 38.1 Å². The zero-order valence-corrected chi connectivity index (χ0v) is 14.3. The summed E-state index contributed by atoms with van der Waals surface area (Å²) in [5, 5.41) is 31.2. The van der Waals surface area contributed by atoms with Gasteiger partial charge in [-0.1, -0.05) is 17.2 Å². The van der Waals surface area contributed by atoms with Crippen molar-refractivity contribution in [2.45, 2.75) is 71.9 Å². The molecule has 0 aromatic heterocycles. The Bertz CT molecular complexity index is 363. The maximum atomic E-state index is 8.97. The van der Waals surface area contributed by atoms with Crippen LogP contribution in [0.4, 0.5) is 0 Å². The third-order valence-corrected chi connectivity index (χ3v) is 3.97. The molecule has 0 spiro atoms. The highest BCUT2D eigenvalue weighted by Crippen LogP contribution is 2.09. The van der Waals surface area contributed by atoms with E-state index in [2.05, 4.69) is 20.9 Å². The second kappa shape index (κ2) is 9.00. The quantitative estimate of drug-likeness (QED) is 0.216. The van der Waals surface area contributed by atoms with Crippen LogP contribution in [0.2, 0.25) is 0 Å². The van der Waals surface area contributed by atoms with Gasteiger partial charge in [0.05, 0.1) is 22.5 Å². The molecule has 0 aliphatic heterocycles. The summed E-state index contributed by atoms with van der Waals surface area (Å²) >= 11 is 0. The van der Waals surface area contributed by atoms with Gasteiger partial charge in [-0.15, -0.1) is 0 Å². The van der Waals surface area contributed by atoms with Crippen molar-refractivity contribution in [3.63, 3.8) is 0 Å². The van der Waals surface area contributed by atoms with E-state index < -0.39 is 0 Å². The van der Waals surface area contributed by atoms with Gasteiger partial charge in [0.15, 0.2) is 0 Å². The smallest absolute Gasteiger partial charge is 0.0762 e. The largest absolute Gasteiger partial charge is 0.411 e. The first kappa shape index (κ1) is 19.9. The van der Waals surface area contributed by atoms with Crippen molar-refractivity contribution in [3.8, 4) is 0 Å². The van der Waals surface area contributed by atoms with E-state index in [-0.39, 0.29) is 11.1 Å². The second-order valence-electron chi connectivity index (χ2n) is 6.40. The highest BCUT2D eigenvalue weighted by Gasteiger charge is 2.23. The zero-order valence-electron chi connectivity index (χ0n) is 14.3. The molecule has 6 heteroatoms. The number of hydrogen-bond acceptors (Lipinski definition) is 6. The zero-order chi connectivity index (χ0) is 16.5. The summed E-state index contributed by atoms with van der Waals surface area (Å²) in [6.07, 6.45) is 2.76. The SMILES string of the molecule is CCC(=NO)C(C)(C)NCCCCNC(C)(C)C(C)=NO. The average molecular weight is 300 g/mol. The van der Waals surface area contributed by atoms with Gasteiger partial charge in [-0.2, -0.15) is 0 Å². The summed E-state index contributed by atoms with van der Waals surface area (Å²) in [5.41, 5.74) is 0.863. The predicted molar refractivity (Wildman–Crippen MR) is 87.8 cm³/mol. The first-order valence-corrected chi connectivity index (χ1v) is 7.61. The number of nitrogens with one attached hydrogen (secondary N) is 2. The molecule has 0 fully saturated rings. The van der Waals surface area contributed by atoms with Crippen LogP contribution in [-0.2, 0) is 0 Å². The normalized spacial score (nSPS) is 14.6. The molecule has 0 saturated carbocycles. The third-order valence-electron chi connectivity index (χ3n) is 3.97. The van der Waals surface area contributed by atoms with Crippen LogP contribution in [0.15, 0.2) is 10.3 Å². The predicted octanol–water partition coefficient (Wildman–Crippen LogP) is 2.59. The monoisotopic (exact) mass is 300 g/mol. The molecule has 0 amide bonds. The highest BCUT2D eigenvalue weighted by molar-refractivity contribution is 5.92. The molecule has 0 heterocycles. The molecule has 0 aromatic rings. The van der Waals surface area contributed by atoms with Crippen molar-refractivity contribution >= 4 is 11.4 Å². The van der Waals surface area contributed by atoms with E-state index in [1.54, 1.807) is 6.92 Å². The van der Waals surface area contributed by atoms with Crippen molar-refractivity contribution in [3.05, 3.63) is 0 Å². The minimum absolute atomic E-state index is 0.281. The molecular weight excluding hydrogens is 268 g/mol. The van der Waals surface area contributed by atoms with Crippen LogP contribution in [0, 0.1) is 0 Å². The molecule has 4 N–H and O–H groups in total. The molecule has 0 aromatic carbocycles. The van der Waals surface area contributed by atoms with Gasteiger partial charge in [0.2, 0.25) is 0 Å². The van der Waals surface area contributed by atoms with Crippen molar-refractivity contribution in [1.82, 2.24) is 10.6 Å². The van der Waals surface area contributed by atoms with Crippen molar-refractivity contribution in [1.29, 1.82) is 0 Å². The molecule has 0 rings (SSSR count). The number of nitrogens with zero attached hydrogens (tertiary/aromatic N) is 2. The second-order valence-corrected chi connectivity index (χ2v) is 6.40. The maximum absolute atomic E-state index is 8.97. The van der Waals surface area contributed by atoms with Crippen LogP contribution in [0.25, 0.3) is 0 Å². The fourth-order valence-electron chi connectivity index (χ4n) is 2.04. The van der Waals surface area contributed by atoms with E-state index in [9.17, 15) is 0 Å². The standard InChI is InChI=1S/C15H32N4O2/c1-7-13(19-21)15(5,6)17-11-9-8-10-16-14(3,4)12(2)18-20/h16-17,20-21H,7-11H2,1-6H3. The Hall–Kier alpha value is -1.14. The van der Waals surface area contributed by atoms with E-state index in [1.807, 2.05) is 34.6 Å². The Kier molecular flexibility index (Phi) is 8.51. The molecular formula is C15H32N4O2. The first-order chi connectivity index (χ1) is 9.71. The molecule has 0 radical (unpaired) electrons. The van der Waals surface area contributed by atoms with E-state index in [0.29, 0.717) is 5.71 Å². The summed E-state index contributed by atoms with van der Waals surface area (Å²) in [6.45, 7) is 13.5. The van der Waals surface area contributed by atoms with Gasteiger partial charge in [0.1, 0.15) is 0 Å². The van der Waals surface area contributed by atoms with Gasteiger partial charge >= 0.3 is 0 Å². The van der Waals surface area contributed by atoms with Gasteiger partial charge in [0, 0.05) is 0 Å². The fourth-order valence-corrected chi connectivity index (χ4v) is 2.04. The van der Waals surface area contributed by atoms with E-state index in [4.69, 9.17) is 10.4 Å². The summed E-state index contributed by atoms with van der Waals surface area (Å²) in [4.78, 5) is 0. The number of oxime groups is 2. The first-order valence-electron chi connectivity index (χ1n) is 7.61. The number of rotatable bonds is 10. The molecule has 124 valence electrons. The Morgan fingerprint density at radius 3 is 1.76 bits per heavy atom. The number of hydrogen-bond donors (Lipinski definition) is 4. The lowest BCUT2D eigenvalue weighted by molar-refractivity contribution is 0.308. The van der Waals surface area contributed by atoms with Crippen molar-refractivity contribution in [2.24, 2.45) is 10.3 Å². The molecule has 0 aliphatic rings. The van der Waals surface area contributed by atoms with Gasteiger partial charge < -0.3 is 21.0 Å². The Morgan fingerprint density at radius 1 is 0.905 bits per heavy atom. The Labute approximate surface area is 128 Å². The van der Waals surface area contributed by atoms with Crippen LogP contribution >= 0.6 is 0 Å². The molecule has 0 unspecified atom stereocenters. The van der Waals surface area contributed by atoms with Crippen LogP contribution < -0.4 is 10.6 Å². The summed E-state index contributed by atoms with van der Waals surface area (Å²) in [7, 11) is 0. The van der Waals surface area contributed by atoms with E-state index in [1.165, 1.54) is 0 Å². The highest BCUT2D eigenvalue weighted by atomic mass is 16.4. The van der Waals surface area contributed by atoms with Crippen LogP contribution in [0.1, 0.15) is 60.8 Å². The van der Waals surface area contributed by atoms with Crippen molar-refractivity contribution in [2.75, 3.05) is 13.1 Å². The fraction of sp³-hybridized carbons (Fsp3) is 0.867. The van der Waals surface area contributed by atoms with Gasteiger partial charge in [-0.3, -0.25) is 0 Å². The van der Waals surface area contributed by atoms with Crippen LogP contribution in [0.3, 0.4) is 0 Å². The topological polar surface area (TPSA) is 89.2 Å². The third kappa shape index (κ3) is 6.91. The lowest BCUT2D eigenvalue weighted by atomic mass is 9.96. The minimum Gasteiger partial charge on any atom is -0.411 e. The molecule has 0 atom stereocenters. The Morgan fingerprint density at radius 2 is 1.38 bits per heavy atom. The van der Waals surface area contributed by atoms with Gasteiger partial charge in [-0.05, 0) is 67.0 Å². The Balaban J connectivity index is 3.98. The minimum atomic E-state index is -0.291. The maximum Gasteiger partial charge on any atom is 0.0762 e. The van der Waals surface area contributed by atoms with Crippen LogP contribution in [-0.4, -0.2) is 46.0 Å². The summed E-state index contributed by atoms with van der Waals surface area (Å²) < 4.78 is 0. The lowest BCUT2D eigenvalue weighted by Gasteiger charge is -2.27. The lowest BCUT2D eigenvalue weighted by Crippen LogP contribution is -2.47. The van der Waals surface area contributed by atoms with Crippen LogP contribution in [0.5, 0.6) is 0 Å². The molecule has 0 bridgehead atoms. The average Bonchev–Trinajstić information content (AvgIpc) is 2.42. The van der Waals surface area contributed by atoms with Gasteiger partial charge in [-0.25, -0.2) is 0 Å². The van der Waals surface area contributed by atoms with E-state index >= 15 is 0 Å². The molecule has 0 aliphatic carbocycles. The molecule has 6 nitrogen and oxygen atoms in total. The van der Waals surface area contributed by atoms with Gasteiger partial charge in [0.25, 0.3) is 0 Å². The molecule has 0 saturated heterocycles. The number of unbranched alkanes of at least 4 members (excludes halogenated alkanes) is 1. The summed E-state index contributed by atoms with van der Waals surface area (Å²) in [6, 6.07) is 0. The van der Waals surface area contributed by atoms with Crippen molar-refractivity contribution < 1.29 is 10.4 Å². The molecule has 21 heavy (non-hydrogen) atoms. The summed E-state index contributed by atoms with van der Waals surface area (Å²) in [5.74, 6) is 0.